The van der Waals surface area contributed by atoms with E-state index < -0.39 is 31.9 Å². The molecule has 1 saturated heterocycles. The van der Waals surface area contributed by atoms with Crippen LogP contribution in [0.4, 0.5) is 14.9 Å². The molecule has 0 bridgehead atoms. The van der Waals surface area contributed by atoms with E-state index in [1.807, 2.05) is 0 Å². The first-order chi connectivity index (χ1) is 17.0. The summed E-state index contributed by atoms with van der Waals surface area (Å²) in [6, 6.07) is 7.91. The first-order valence-electron chi connectivity index (χ1n) is 10.7. The summed E-state index contributed by atoms with van der Waals surface area (Å²) in [5.74, 6) is 0.0170. The average molecular weight is 520 g/mol. The summed E-state index contributed by atoms with van der Waals surface area (Å²) in [6.07, 6.45) is 2.96. The lowest BCUT2D eigenvalue weighted by Gasteiger charge is -2.16. The van der Waals surface area contributed by atoms with E-state index in [1.165, 1.54) is 28.2 Å². The number of aliphatic hydroxyl groups is 1. The fourth-order valence-corrected chi connectivity index (χ4v) is 3.61. The number of aromatic nitrogens is 5. The molecule has 3 aromatic rings. The van der Waals surface area contributed by atoms with E-state index in [-0.39, 0.29) is 12.5 Å². The van der Waals surface area contributed by atoms with E-state index >= 15 is 0 Å². The highest BCUT2D eigenvalue weighted by atomic mass is 31.2. The molecule has 0 radical (unpaired) electrons. The lowest BCUT2D eigenvalue weighted by Crippen LogP contribution is -2.32. The van der Waals surface area contributed by atoms with Crippen LogP contribution in [0.1, 0.15) is 12.8 Å². The van der Waals surface area contributed by atoms with Gasteiger partial charge in [-0.25, -0.2) is 13.8 Å². The number of phosphoric acid groups is 1. The number of carbonyl (C=O) groups is 1. The molecule has 1 aliphatic heterocycles. The van der Waals surface area contributed by atoms with Crippen molar-refractivity contribution in [3.8, 4) is 22.6 Å². The Kier molecular flexibility index (Phi) is 7.24. The van der Waals surface area contributed by atoms with E-state index in [9.17, 15) is 14.3 Å². The minimum absolute atomic E-state index is 0.184. The summed E-state index contributed by atoms with van der Waals surface area (Å²) < 4.78 is 29.1. The van der Waals surface area contributed by atoms with Crippen molar-refractivity contribution in [3.05, 3.63) is 48.9 Å². The zero-order chi connectivity index (χ0) is 26.0. The molecule has 2 fully saturated rings. The first-order valence-corrected chi connectivity index (χ1v) is 12.2. The number of hydrogen-bond acceptors (Lipinski definition) is 8. The summed E-state index contributed by atoms with van der Waals surface area (Å²) in [5.41, 5.74) is 1.78. The molecule has 5 rings (SSSR count). The van der Waals surface area contributed by atoms with Gasteiger partial charge in [-0.1, -0.05) is 12.6 Å². The van der Waals surface area contributed by atoms with Crippen LogP contribution in [-0.2, 0) is 9.30 Å². The Morgan fingerprint density at radius 1 is 1.22 bits per heavy atom. The van der Waals surface area contributed by atoms with Crippen LogP contribution in [0.2, 0.25) is 0 Å². The van der Waals surface area contributed by atoms with Gasteiger partial charge in [0.2, 0.25) is 5.82 Å². The Morgan fingerprint density at radius 3 is 2.50 bits per heavy atom. The molecular formula is C21H22FN6O7P. The van der Waals surface area contributed by atoms with Gasteiger partial charge in [0.05, 0.1) is 18.3 Å². The van der Waals surface area contributed by atoms with Gasteiger partial charge in [-0.05, 0) is 48.2 Å². The average Bonchev–Trinajstić information content (AvgIpc) is 3.43. The van der Waals surface area contributed by atoms with Crippen molar-refractivity contribution in [2.45, 2.75) is 25.0 Å². The number of ether oxygens (including phenoxy) is 1. The summed E-state index contributed by atoms with van der Waals surface area (Å²) in [6.45, 7) is 3.75. The lowest BCUT2D eigenvalue weighted by atomic mass is 10.1. The minimum Gasteiger partial charge on any atom is -0.441 e. The molecule has 4 N–H and O–H groups in total. The molecule has 2 atom stereocenters. The summed E-state index contributed by atoms with van der Waals surface area (Å²) >= 11 is 0. The maximum atomic E-state index is 14.9. The van der Waals surface area contributed by atoms with Gasteiger partial charge in [-0.3, -0.25) is 9.88 Å². The second-order valence-electron chi connectivity index (χ2n) is 8.09. The molecule has 3 heterocycles. The van der Waals surface area contributed by atoms with Crippen LogP contribution in [0.3, 0.4) is 0 Å². The molecule has 1 saturated carbocycles. The largest absolute Gasteiger partial charge is 0.466 e. The van der Waals surface area contributed by atoms with Crippen LogP contribution in [0.25, 0.3) is 28.8 Å². The zero-order valence-corrected chi connectivity index (χ0v) is 19.5. The fraction of sp³-hybridized carbons (Fsp3) is 0.286. The van der Waals surface area contributed by atoms with Gasteiger partial charge in [0.25, 0.3) is 0 Å². The monoisotopic (exact) mass is 520 g/mol. The van der Waals surface area contributed by atoms with Crippen LogP contribution < -0.4 is 4.90 Å². The maximum Gasteiger partial charge on any atom is 0.466 e. The van der Waals surface area contributed by atoms with E-state index in [0.717, 1.165) is 12.8 Å². The van der Waals surface area contributed by atoms with E-state index in [2.05, 4.69) is 27.0 Å². The van der Waals surface area contributed by atoms with Crippen LogP contribution in [0, 0.1) is 11.7 Å². The topological polar surface area (TPSA) is 184 Å². The Hall–Kier alpha value is -3.55. The second-order valence-corrected chi connectivity index (χ2v) is 9.11. The van der Waals surface area contributed by atoms with Crippen molar-refractivity contribution in [1.82, 2.24) is 25.2 Å². The Labute approximate surface area is 203 Å². The standard InChI is InChI=1S/C21H19FN6O3.H3O4P/c1-2-28-25-20(24-26-28)17-8-5-13(10-23-17)15-7-6-14(9-16(15)22)27-11-18(31-21(27)30)19(29)12-3-4-12;1-5(2,3)4/h2,5-10,12,18-19,29H,1,3-4,11H2;(H3,1,2,3,4). The van der Waals surface area contributed by atoms with Crippen molar-refractivity contribution in [3.63, 3.8) is 0 Å². The number of benzene rings is 1. The molecular weight excluding hydrogens is 498 g/mol. The Bertz CT molecular complexity index is 1300. The molecule has 15 heteroatoms. The lowest BCUT2D eigenvalue weighted by molar-refractivity contribution is 0.0200. The Balaban J connectivity index is 0.000000556. The van der Waals surface area contributed by atoms with Crippen LogP contribution in [-0.4, -0.2) is 69.8 Å². The molecule has 13 nitrogen and oxygen atoms in total. The molecule has 1 amide bonds. The quantitative estimate of drug-likeness (QED) is 0.348. The predicted octanol–water partition coefficient (Wildman–Crippen LogP) is 1.81. The van der Waals surface area contributed by atoms with Crippen molar-refractivity contribution in [1.29, 1.82) is 0 Å². The minimum atomic E-state index is -4.64. The van der Waals surface area contributed by atoms with Crippen molar-refractivity contribution in [2.75, 3.05) is 11.4 Å². The molecule has 2 aliphatic rings. The smallest absolute Gasteiger partial charge is 0.441 e. The van der Waals surface area contributed by atoms with Gasteiger partial charge in [0, 0.05) is 23.5 Å². The summed E-state index contributed by atoms with van der Waals surface area (Å²) in [7, 11) is -4.64. The number of rotatable bonds is 6. The number of hydrogen-bond donors (Lipinski definition) is 4. The van der Waals surface area contributed by atoms with Crippen molar-refractivity contribution < 1.29 is 38.3 Å². The third kappa shape index (κ3) is 6.17. The molecule has 190 valence electrons. The van der Waals surface area contributed by atoms with Crippen LogP contribution in [0.5, 0.6) is 0 Å². The van der Waals surface area contributed by atoms with Gasteiger partial charge in [0.15, 0.2) is 0 Å². The number of nitrogens with zero attached hydrogens (tertiary/aromatic N) is 6. The number of cyclic esters (lactones) is 1. The van der Waals surface area contributed by atoms with Gasteiger partial charge in [0.1, 0.15) is 17.6 Å². The van der Waals surface area contributed by atoms with Gasteiger partial charge < -0.3 is 24.5 Å². The highest BCUT2D eigenvalue weighted by molar-refractivity contribution is 7.45. The molecule has 1 aliphatic carbocycles. The number of tetrazole rings is 1. The van der Waals surface area contributed by atoms with Crippen LogP contribution >= 0.6 is 7.82 Å². The number of carbonyl (C=O) groups excluding carboxylic acids is 1. The molecule has 2 aromatic heterocycles. The molecule has 0 spiro atoms. The number of amides is 1. The highest BCUT2D eigenvalue weighted by Crippen LogP contribution is 2.37. The number of pyridine rings is 1. The molecule has 1 aromatic carbocycles. The SMILES string of the molecule is C=Cn1nnc(-c2ccc(-c3ccc(N4CC(C(O)C5CC5)OC4=O)cc3F)cn2)n1.O=P(O)(O)O. The number of aliphatic hydroxyl groups excluding tert-OH is 1. The summed E-state index contributed by atoms with van der Waals surface area (Å²) in [5, 5.41) is 22.0. The van der Waals surface area contributed by atoms with E-state index in [1.54, 1.807) is 24.3 Å². The Morgan fingerprint density at radius 2 is 1.94 bits per heavy atom. The number of anilines is 1. The fourth-order valence-electron chi connectivity index (χ4n) is 3.61. The van der Waals surface area contributed by atoms with Crippen LogP contribution in [0.15, 0.2) is 43.1 Å². The number of halogens is 1. The van der Waals surface area contributed by atoms with Gasteiger partial charge in [-0.2, -0.15) is 0 Å². The summed E-state index contributed by atoms with van der Waals surface area (Å²) in [4.78, 5) is 40.6. The van der Waals surface area contributed by atoms with Crippen molar-refractivity contribution >= 4 is 25.8 Å². The third-order valence-electron chi connectivity index (χ3n) is 5.48. The van der Waals surface area contributed by atoms with E-state index in [4.69, 9.17) is 24.0 Å². The van der Waals surface area contributed by atoms with Gasteiger partial charge in [-0.15, -0.1) is 15.0 Å². The van der Waals surface area contributed by atoms with E-state index in [0.29, 0.717) is 28.3 Å². The second kappa shape index (κ2) is 10.2. The molecule has 36 heavy (non-hydrogen) atoms. The first kappa shape index (κ1) is 25.5. The van der Waals surface area contributed by atoms with Crippen molar-refractivity contribution in [2.24, 2.45) is 5.92 Å². The normalized spacial score (nSPS) is 18.3. The van der Waals surface area contributed by atoms with Gasteiger partial charge >= 0.3 is 13.9 Å². The zero-order valence-electron chi connectivity index (χ0n) is 18.6. The third-order valence-corrected chi connectivity index (χ3v) is 5.48. The highest BCUT2D eigenvalue weighted by Gasteiger charge is 2.43. The maximum absolute atomic E-state index is 14.9. The molecule has 2 unspecified atom stereocenters. The predicted molar refractivity (Wildman–Crippen MR) is 123 cm³/mol.